The van der Waals surface area contributed by atoms with E-state index in [2.05, 4.69) is 10.6 Å². The summed E-state index contributed by atoms with van der Waals surface area (Å²) >= 11 is 0. The molecule has 0 radical (unpaired) electrons. The van der Waals surface area contributed by atoms with Crippen LogP contribution in [-0.2, 0) is 26.0 Å². The van der Waals surface area contributed by atoms with E-state index < -0.39 is 16.1 Å². The fourth-order valence-corrected chi connectivity index (χ4v) is 4.93. The molecule has 2 N–H and O–H groups in total. The highest BCUT2D eigenvalue weighted by Crippen LogP contribution is 2.15. The van der Waals surface area contributed by atoms with Crippen LogP contribution in [0, 0.1) is 0 Å². The summed E-state index contributed by atoms with van der Waals surface area (Å²) in [7, 11) is -3.47. The van der Waals surface area contributed by atoms with Gasteiger partial charge in [-0.2, -0.15) is 4.31 Å². The smallest absolute Gasteiger partial charge is 0.410 e. The van der Waals surface area contributed by atoms with Crippen LogP contribution < -0.4 is 10.6 Å². The number of cyclic esters (lactones) is 1. The van der Waals surface area contributed by atoms with Gasteiger partial charge in [-0.05, 0) is 31.5 Å². The Hall–Kier alpha value is -2.37. The van der Waals surface area contributed by atoms with Crippen molar-refractivity contribution in [2.45, 2.75) is 32.6 Å². The number of nitrogens with one attached hydrogen (secondary N) is 2. The Balaban J connectivity index is 1.42. The molecule has 11 heteroatoms. The van der Waals surface area contributed by atoms with E-state index in [0.717, 1.165) is 5.56 Å². The first-order chi connectivity index (χ1) is 14.2. The minimum atomic E-state index is -3.47. The highest BCUT2D eigenvalue weighted by atomic mass is 32.2. The summed E-state index contributed by atoms with van der Waals surface area (Å²) in [6.07, 6.45) is -0.634. The molecule has 2 aliphatic rings. The Kier molecular flexibility index (Phi) is 7.16. The van der Waals surface area contributed by atoms with Crippen LogP contribution in [0.3, 0.4) is 0 Å². The van der Waals surface area contributed by atoms with Gasteiger partial charge >= 0.3 is 12.1 Å². The molecule has 166 valence electrons. The second-order valence-electron chi connectivity index (χ2n) is 7.50. The second kappa shape index (κ2) is 9.63. The number of anilines is 1. The van der Waals surface area contributed by atoms with Gasteiger partial charge in [0, 0.05) is 31.9 Å². The molecule has 2 saturated heterocycles. The lowest BCUT2D eigenvalue weighted by Gasteiger charge is -2.34. The van der Waals surface area contributed by atoms with Crippen LogP contribution in [0.15, 0.2) is 24.3 Å². The molecule has 0 aromatic heterocycles. The fraction of sp³-hybridized carbons (Fsp3) is 0.579. The lowest BCUT2D eigenvalue weighted by Crippen LogP contribution is -2.49. The lowest BCUT2D eigenvalue weighted by molar-refractivity contribution is -0.0440. The zero-order valence-corrected chi connectivity index (χ0v) is 18.0. The second-order valence-corrected chi connectivity index (χ2v) is 9.59. The molecule has 0 bridgehead atoms. The molecule has 1 aromatic carbocycles. The molecule has 3 amide bonds. The summed E-state index contributed by atoms with van der Waals surface area (Å²) in [6, 6.07) is 6.59. The Bertz CT molecular complexity index is 850. The van der Waals surface area contributed by atoms with Gasteiger partial charge < -0.3 is 25.0 Å². The van der Waals surface area contributed by atoms with E-state index in [1.54, 1.807) is 17.0 Å². The van der Waals surface area contributed by atoms with Gasteiger partial charge in [0.2, 0.25) is 10.0 Å². The highest BCUT2D eigenvalue weighted by molar-refractivity contribution is 7.89. The van der Waals surface area contributed by atoms with E-state index in [1.165, 1.54) is 4.31 Å². The average Bonchev–Trinajstić information content (AvgIpc) is 3.07. The maximum absolute atomic E-state index is 12.5. The van der Waals surface area contributed by atoms with Crippen LogP contribution >= 0.6 is 0 Å². The van der Waals surface area contributed by atoms with E-state index >= 15 is 0 Å². The number of rotatable bonds is 7. The van der Waals surface area contributed by atoms with Crippen molar-refractivity contribution in [3.8, 4) is 0 Å². The number of amides is 3. The molecule has 1 aromatic rings. The number of carbonyl (C=O) groups is 2. The topological polar surface area (TPSA) is 117 Å². The molecule has 10 nitrogen and oxygen atoms in total. The Morgan fingerprint density at radius 1 is 1.17 bits per heavy atom. The Labute approximate surface area is 176 Å². The van der Waals surface area contributed by atoms with Crippen molar-refractivity contribution in [3.05, 3.63) is 29.8 Å². The maximum atomic E-state index is 12.5. The number of morpholine rings is 1. The van der Waals surface area contributed by atoms with Gasteiger partial charge in [0.05, 0.1) is 24.5 Å². The number of ether oxygens (including phenoxy) is 2. The predicted octanol–water partition coefficient (Wildman–Crippen LogP) is 1.20. The van der Waals surface area contributed by atoms with Crippen LogP contribution in [0.25, 0.3) is 0 Å². The molecule has 2 heterocycles. The van der Waals surface area contributed by atoms with Crippen LogP contribution in [0.4, 0.5) is 15.3 Å². The number of urea groups is 1. The first-order valence-corrected chi connectivity index (χ1v) is 11.5. The number of hydrogen-bond acceptors (Lipinski definition) is 6. The third-order valence-corrected chi connectivity index (χ3v) is 6.66. The molecule has 30 heavy (non-hydrogen) atoms. The van der Waals surface area contributed by atoms with E-state index in [0.29, 0.717) is 38.5 Å². The number of nitrogens with zero attached hydrogens (tertiary/aromatic N) is 2. The largest absolute Gasteiger partial charge is 0.448 e. The van der Waals surface area contributed by atoms with E-state index in [4.69, 9.17) is 9.47 Å². The first-order valence-electron chi connectivity index (χ1n) is 9.92. The van der Waals surface area contributed by atoms with E-state index in [1.807, 2.05) is 26.0 Å². The minimum absolute atomic E-state index is 0.00341. The van der Waals surface area contributed by atoms with Gasteiger partial charge in [-0.15, -0.1) is 0 Å². The number of sulfonamides is 1. The molecule has 0 unspecified atom stereocenters. The molecule has 2 fully saturated rings. The zero-order chi connectivity index (χ0) is 21.7. The van der Waals surface area contributed by atoms with Crippen molar-refractivity contribution in [3.63, 3.8) is 0 Å². The van der Waals surface area contributed by atoms with Crippen LogP contribution in [0.1, 0.15) is 19.4 Å². The molecular formula is C19H28N4O6S. The van der Waals surface area contributed by atoms with Crippen molar-refractivity contribution >= 4 is 27.8 Å². The monoisotopic (exact) mass is 440 g/mol. The number of benzene rings is 1. The van der Waals surface area contributed by atoms with Crippen LogP contribution in [0.2, 0.25) is 0 Å². The van der Waals surface area contributed by atoms with Crippen molar-refractivity contribution < 1.29 is 27.5 Å². The molecule has 0 saturated carbocycles. The number of hydrogen-bond donors (Lipinski definition) is 2. The van der Waals surface area contributed by atoms with Gasteiger partial charge in [-0.3, -0.25) is 0 Å². The van der Waals surface area contributed by atoms with Crippen LogP contribution in [0.5, 0.6) is 0 Å². The average molecular weight is 441 g/mol. The summed E-state index contributed by atoms with van der Waals surface area (Å²) in [5.41, 5.74) is 1.49. The van der Waals surface area contributed by atoms with Crippen molar-refractivity contribution in [1.82, 2.24) is 14.5 Å². The Morgan fingerprint density at radius 3 is 2.43 bits per heavy atom. The van der Waals surface area contributed by atoms with Crippen molar-refractivity contribution in [2.75, 3.05) is 43.9 Å². The zero-order valence-electron chi connectivity index (χ0n) is 17.2. The van der Waals surface area contributed by atoms with Gasteiger partial charge in [0.15, 0.2) is 0 Å². The van der Waals surface area contributed by atoms with Crippen LogP contribution in [-0.4, -0.2) is 80.5 Å². The first kappa shape index (κ1) is 22.3. The fourth-order valence-electron chi connectivity index (χ4n) is 3.44. The Morgan fingerprint density at radius 2 is 1.83 bits per heavy atom. The summed E-state index contributed by atoms with van der Waals surface area (Å²) in [5.74, 6) is -0.176. The maximum Gasteiger partial charge on any atom is 0.410 e. The summed E-state index contributed by atoms with van der Waals surface area (Å²) < 4.78 is 36.8. The van der Waals surface area contributed by atoms with Gasteiger partial charge in [-0.25, -0.2) is 18.0 Å². The third-order valence-electron chi connectivity index (χ3n) is 4.86. The van der Waals surface area contributed by atoms with E-state index in [9.17, 15) is 18.0 Å². The minimum Gasteiger partial charge on any atom is -0.448 e. The molecule has 0 aliphatic carbocycles. The predicted molar refractivity (Wildman–Crippen MR) is 111 cm³/mol. The quantitative estimate of drug-likeness (QED) is 0.658. The SMILES string of the molecule is C[C@@H]1CN(S(=O)(=O)CCNC(=O)Nc2ccc(CN3CCOC3=O)cc2)C[C@@H](C)O1. The third kappa shape index (κ3) is 6.07. The van der Waals surface area contributed by atoms with Crippen molar-refractivity contribution in [1.29, 1.82) is 0 Å². The van der Waals surface area contributed by atoms with E-state index in [-0.39, 0.29) is 30.6 Å². The molecule has 3 rings (SSSR count). The van der Waals surface area contributed by atoms with Gasteiger partial charge in [-0.1, -0.05) is 12.1 Å². The molecule has 2 atom stereocenters. The lowest BCUT2D eigenvalue weighted by atomic mass is 10.2. The molecule has 0 spiro atoms. The van der Waals surface area contributed by atoms with Gasteiger partial charge in [0.1, 0.15) is 6.61 Å². The summed E-state index contributed by atoms with van der Waals surface area (Å²) in [5, 5.41) is 5.24. The number of carbonyl (C=O) groups excluding carboxylic acids is 2. The molecular weight excluding hydrogens is 412 g/mol. The van der Waals surface area contributed by atoms with Crippen molar-refractivity contribution in [2.24, 2.45) is 0 Å². The van der Waals surface area contributed by atoms with Gasteiger partial charge in [0.25, 0.3) is 0 Å². The normalized spacial score (nSPS) is 22.6. The highest BCUT2D eigenvalue weighted by Gasteiger charge is 2.30. The molecule has 2 aliphatic heterocycles. The summed E-state index contributed by atoms with van der Waals surface area (Å²) in [6.45, 7) is 5.73. The standard InChI is InChI=1S/C19H28N4O6S/c1-14-11-23(12-15(2)29-14)30(26,27)10-7-20-18(24)21-17-5-3-16(4-6-17)13-22-8-9-28-19(22)25/h3-6,14-15H,7-13H2,1-2H3,(H2,20,21,24)/t14-,15-/m1/s1. The summed E-state index contributed by atoms with van der Waals surface area (Å²) in [4.78, 5) is 25.1.